The summed E-state index contributed by atoms with van der Waals surface area (Å²) in [4.78, 5) is 0. The molecule has 2 aromatic rings. The van der Waals surface area contributed by atoms with Crippen molar-refractivity contribution in [3.05, 3.63) is 36.4 Å². The number of fused-ring (bicyclic) bond motifs is 3. The van der Waals surface area contributed by atoms with Crippen LogP contribution in [0.2, 0.25) is 0 Å². The fourth-order valence-electron chi connectivity index (χ4n) is 2.25. The van der Waals surface area contributed by atoms with Crippen LogP contribution in [0.5, 0.6) is 23.0 Å². The van der Waals surface area contributed by atoms with Crippen LogP contribution in [0.1, 0.15) is 0 Å². The van der Waals surface area contributed by atoms with Crippen molar-refractivity contribution in [2.45, 2.75) is 0 Å². The van der Waals surface area contributed by atoms with Gasteiger partial charge >= 0.3 is 0 Å². The molecule has 0 spiro atoms. The molecular weight excluding hydrogens is 232 g/mol. The van der Waals surface area contributed by atoms with Crippen molar-refractivity contribution in [3.63, 3.8) is 0 Å². The smallest absolute Gasteiger partial charge is 0.231 e. The number of hydrogen-bond donors (Lipinski definition) is 0. The molecule has 0 saturated carbocycles. The molecule has 2 aliphatic rings. The van der Waals surface area contributed by atoms with E-state index in [9.17, 15) is 0 Å². The lowest BCUT2D eigenvalue weighted by molar-refractivity contribution is 0.157. The molecule has 4 rings (SSSR count). The summed E-state index contributed by atoms with van der Waals surface area (Å²) in [6, 6.07) is 11.9. The predicted octanol–water partition coefficient (Wildman–Crippen LogP) is 2.81. The minimum absolute atomic E-state index is 0.217. The Balaban J connectivity index is 1.97. The van der Waals surface area contributed by atoms with E-state index in [4.69, 9.17) is 18.9 Å². The number of hydrogen-bond acceptors (Lipinski definition) is 4. The summed E-state index contributed by atoms with van der Waals surface area (Å²) >= 11 is 0. The van der Waals surface area contributed by atoms with Gasteiger partial charge in [0.25, 0.3) is 0 Å². The summed E-state index contributed by atoms with van der Waals surface area (Å²) in [5.41, 5.74) is 2.03. The van der Waals surface area contributed by atoms with E-state index in [-0.39, 0.29) is 13.6 Å². The molecular formula is C14H10O4. The van der Waals surface area contributed by atoms with Gasteiger partial charge in [0.2, 0.25) is 25.1 Å². The summed E-state index contributed by atoms with van der Waals surface area (Å²) in [7, 11) is 0. The summed E-state index contributed by atoms with van der Waals surface area (Å²) in [5, 5.41) is 0. The molecule has 0 fully saturated rings. The SMILES string of the molecule is c1ccc(-c2cc3c(c4c2OCO4)OCO3)cc1. The van der Waals surface area contributed by atoms with Gasteiger partial charge in [-0.05, 0) is 11.6 Å². The monoisotopic (exact) mass is 242 g/mol. The normalized spacial score (nSPS) is 14.9. The lowest BCUT2D eigenvalue weighted by atomic mass is 10.0. The van der Waals surface area contributed by atoms with Gasteiger partial charge in [0, 0.05) is 5.56 Å². The van der Waals surface area contributed by atoms with E-state index < -0.39 is 0 Å². The van der Waals surface area contributed by atoms with Crippen molar-refractivity contribution in [1.82, 2.24) is 0 Å². The third-order valence-electron chi connectivity index (χ3n) is 3.07. The van der Waals surface area contributed by atoms with Crippen LogP contribution in [-0.2, 0) is 0 Å². The minimum atomic E-state index is 0.217. The minimum Gasteiger partial charge on any atom is -0.453 e. The number of benzene rings is 2. The maximum absolute atomic E-state index is 5.55. The Morgan fingerprint density at radius 3 is 2.33 bits per heavy atom. The van der Waals surface area contributed by atoms with Gasteiger partial charge in [-0.2, -0.15) is 0 Å². The van der Waals surface area contributed by atoms with Gasteiger partial charge in [0.1, 0.15) is 0 Å². The first kappa shape index (κ1) is 9.65. The van der Waals surface area contributed by atoms with Crippen LogP contribution in [0.25, 0.3) is 11.1 Å². The van der Waals surface area contributed by atoms with E-state index in [0.717, 1.165) is 16.9 Å². The van der Waals surface area contributed by atoms with Gasteiger partial charge in [0.05, 0.1) is 0 Å². The first-order valence-corrected chi connectivity index (χ1v) is 5.71. The third kappa shape index (κ3) is 1.26. The number of ether oxygens (including phenoxy) is 4. The quantitative estimate of drug-likeness (QED) is 0.770. The predicted molar refractivity (Wildman–Crippen MR) is 64.1 cm³/mol. The van der Waals surface area contributed by atoms with Crippen LogP contribution >= 0.6 is 0 Å². The van der Waals surface area contributed by atoms with Crippen LogP contribution in [0.4, 0.5) is 0 Å². The molecule has 0 unspecified atom stereocenters. The van der Waals surface area contributed by atoms with Crippen LogP contribution in [0.15, 0.2) is 36.4 Å². The largest absolute Gasteiger partial charge is 0.453 e. The van der Waals surface area contributed by atoms with Crippen LogP contribution < -0.4 is 18.9 Å². The van der Waals surface area contributed by atoms with Crippen molar-refractivity contribution < 1.29 is 18.9 Å². The first-order chi connectivity index (χ1) is 8.93. The third-order valence-corrected chi connectivity index (χ3v) is 3.07. The highest BCUT2D eigenvalue weighted by atomic mass is 16.7. The molecule has 2 aromatic carbocycles. The Morgan fingerprint density at radius 1 is 0.722 bits per heavy atom. The zero-order valence-electron chi connectivity index (χ0n) is 9.51. The molecule has 0 aliphatic carbocycles. The molecule has 0 N–H and O–H groups in total. The van der Waals surface area contributed by atoms with Gasteiger partial charge in [-0.3, -0.25) is 0 Å². The van der Waals surface area contributed by atoms with Crippen LogP contribution in [0, 0.1) is 0 Å². The molecule has 90 valence electrons. The Hall–Kier alpha value is -2.36. The average Bonchev–Trinajstić information content (AvgIpc) is 3.06. The van der Waals surface area contributed by atoms with Gasteiger partial charge < -0.3 is 18.9 Å². The average molecular weight is 242 g/mol. The van der Waals surface area contributed by atoms with Gasteiger partial charge in [-0.15, -0.1) is 0 Å². The van der Waals surface area contributed by atoms with Crippen molar-refractivity contribution in [2.75, 3.05) is 13.6 Å². The molecule has 18 heavy (non-hydrogen) atoms. The van der Waals surface area contributed by atoms with E-state index in [2.05, 4.69) is 0 Å². The highest BCUT2D eigenvalue weighted by molar-refractivity contribution is 5.80. The zero-order valence-corrected chi connectivity index (χ0v) is 9.51. The molecule has 0 radical (unpaired) electrons. The van der Waals surface area contributed by atoms with E-state index >= 15 is 0 Å². The summed E-state index contributed by atoms with van der Waals surface area (Å²) in [5.74, 6) is 2.72. The second-order valence-corrected chi connectivity index (χ2v) is 4.09. The van der Waals surface area contributed by atoms with E-state index in [1.54, 1.807) is 0 Å². The first-order valence-electron chi connectivity index (χ1n) is 5.71. The molecule has 0 amide bonds. The lowest BCUT2D eigenvalue weighted by Gasteiger charge is -2.08. The Kier molecular flexibility index (Phi) is 1.91. The molecule has 2 heterocycles. The molecule has 0 aromatic heterocycles. The Morgan fingerprint density at radius 2 is 1.44 bits per heavy atom. The molecule has 4 nitrogen and oxygen atoms in total. The van der Waals surface area contributed by atoms with Crippen molar-refractivity contribution in [1.29, 1.82) is 0 Å². The molecule has 4 heteroatoms. The fraction of sp³-hybridized carbons (Fsp3) is 0.143. The Bertz CT molecular complexity index is 607. The van der Waals surface area contributed by atoms with Crippen LogP contribution in [0.3, 0.4) is 0 Å². The topological polar surface area (TPSA) is 36.9 Å². The van der Waals surface area contributed by atoms with Crippen molar-refractivity contribution in [2.24, 2.45) is 0 Å². The number of rotatable bonds is 1. The van der Waals surface area contributed by atoms with E-state index in [1.165, 1.54) is 0 Å². The lowest BCUT2D eigenvalue weighted by Crippen LogP contribution is -1.95. The van der Waals surface area contributed by atoms with Gasteiger partial charge in [-0.1, -0.05) is 30.3 Å². The van der Waals surface area contributed by atoms with Crippen molar-refractivity contribution >= 4 is 0 Å². The molecule has 0 atom stereocenters. The standard InChI is InChI=1S/C14H10O4/c1-2-4-9(5-3-1)10-6-11-13(17-7-15-11)14-12(10)16-8-18-14/h1-6H,7-8H2. The van der Waals surface area contributed by atoms with Gasteiger partial charge in [-0.25, -0.2) is 0 Å². The Labute approximate surface area is 104 Å². The summed E-state index contributed by atoms with van der Waals surface area (Å²) < 4.78 is 21.9. The fourth-order valence-corrected chi connectivity index (χ4v) is 2.25. The molecule has 0 saturated heterocycles. The van der Waals surface area contributed by atoms with E-state index in [0.29, 0.717) is 17.2 Å². The van der Waals surface area contributed by atoms with E-state index in [1.807, 2.05) is 36.4 Å². The van der Waals surface area contributed by atoms with Crippen LogP contribution in [-0.4, -0.2) is 13.6 Å². The summed E-state index contributed by atoms with van der Waals surface area (Å²) in [6.07, 6.45) is 0. The second kappa shape index (κ2) is 3.57. The molecule has 2 aliphatic heterocycles. The maximum atomic E-state index is 5.55. The highest BCUT2D eigenvalue weighted by Crippen LogP contribution is 2.53. The van der Waals surface area contributed by atoms with Crippen molar-refractivity contribution in [3.8, 4) is 34.1 Å². The highest BCUT2D eigenvalue weighted by Gasteiger charge is 2.30. The zero-order chi connectivity index (χ0) is 11.9. The summed E-state index contributed by atoms with van der Waals surface area (Å²) in [6.45, 7) is 0.443. The molecule has 0 bridgehead atoms. The van der Waals surface area contributed by atoms with Gasteiger partial charge in [0.15, 0.2) is 11.5 Å². The second-order valence-electron chi connectivity index (χ2n) is 4.09. The maximum Gasteiger partial charge on any atom is 0.231 e.